The maximum atomic E-state index is 13.7. The van der Waals surface area contributed by atoms with Crippen LogP contribution >= 0.6 is 0 Å². The van der Waals surface area contributed by atoms with Crippen LogP contribution in [0.25, 0.3) is 0 Å². The molecule has 0 bridgehead atoms. The lowest BCUT2D eigenvalue weighted by Crippen LogP contribution is -2.07. The third-order valence-electron chi connectivity index (χ3n) is 3.23. The number of rotatable bonds is 6. The summed E-state index contributed by atoms with van der Waals surface area (Å²) >= 11 is 0. The number of nitro benzene ring substituents is 2. The molecule has 11 heteroatoms. The lowest BCUT2D eigenvalue weighted by Gasteiger charge is -2.08. The fourth-order valence-electron chi connectivity index (χ4n) is 2.04. The zero-order valence-corrected chi connectivity index (χ0v) is 12.2. The van der Waals surface area contributed by atoms with Gasteiger partial charge in [0, 0.05) is 12.1 Å². The Morgan fingerprint density at radius 2 is 1.12 bits per heavy atom. The van der Waals surface area contributed by atoms with Crippen LogP contribution < -0.4 is 0 Å². The second-order valence-corrected chi connectivity index (χ2v) is 4.73. The van der Waals surface area contributed by atoms with Gasteiger partial charge in [-0.25, -0.2) is 17.6 Å². The first-order valence-corrected chi connectivity index (χ1v) is 6.54. The molecule has 0 radical (unpaired) electrons. The molecule has 0 aromatic heterocycles. The van der Waals surface area contributed by atoms with Crippen LogP contribution in [0.4, 0.5) is 28.9 Å². The van der Waals surface area contributed by atoms with Crippen LogP contribution in [0.3, 0.4) is 0 Å². The van der Waals surface area contributed by atoms with Crippen molar-refractivity contribution in [3.05, 3.63) is 78.9 Å². The standard InChI is InChI=1S/C14H8F4N2O5/c15-9-1-3-11(19(21)22)7(13(9)17)5-25-6-8-12(20(23)24)4-2-10(16)14(8)18/h1-4H,5-6H2. The molecule has 0 aliphatic carbocycles. The molecule has 0 N–H and O–H groups in total. The highest BCUT2D eigenvalue weighted by Crippen LogP contribution is 2.27. The topological polar surface area (TPSA) is 95.5 Å². The Bertz CT molecular complexity index is 790. The van der Waals surface area contributed by atoms with Crippen molar-refractivity contribution in [2.24, 2.45) is 0 Å². The quantitative estimate of drug-likeness (QED) is 0.444. The van der Waals surface area contributed by atoms with E-state index in [0.29, 0.717) is 24.3 Å². The van der Waals surface area contributed by atoms with E-state index in [1.165, 1.54) is 0 Å². The van der Waals surface area contributed by atoms with Crippen LogP contribution in [0.5, 0.6) is 0 Å². The van der Waals surface area contributed by atoms with E-state index in [4.69, 9.17) is 4.74 Å². The maximum absolute atomic E-state index is 13.7. The van der Waals surface area contributed by atoms with Crippen molar-refractivity contribution in [2.45, 2.75) is 13.2 Å². The van der Waals surface area contributed by atoms with Gasteiger partial charge in [-0.05, 0) is 12.1 Å². The van der Waals surface area contributed by atoms with Crippen molar-refractivity contribution in [3.63, 3.8) is 0 Å². The third-order valence-corrected chi connectivity index (χ3v) is 3.23. The molecular weight excluding hydrogens is 352 g/mol. The second-order valence-electron chi connectivity index (χ2n) is 4.73. The molecular formula is C14H8F4N2O5. The summed E-state index contributed by atoms with van der Waals surface area (Å²) in [4.78, 5) is 19.7. The van der Waals surface area contributed by atoms with E-state index in [9.17, 15) is 37.8 Å². The first-order valence-electron chi connectivity index (χ1n) is 6.54. The molecule has 0 saturated carbocycles. The number of nitro groups is 2. The van der Waals surface area contributed by atoms with Crippen molar-refractivity contribution in [2.75, 3.05) is 0 Å². The summed E-state index contributed by atoms with van der Waals surface area (Å²) in [6.45, 7) is -1.76. The summed E-state index contributed by atoms with van der Waals surface area (Å²) in [6.07, 6.45) is 0. The fourth-order valence-corrected chi connectivity index (χ4v) is 2.04. The number of hydrogen-bond donors (Lipinski definition) is 0. The summed E-state index contributed by atoms with van der Waals surface area (Å²) in [5.74, 6) is -5.81. The first kappa shape index (κ1) is 18.3. The third kappa shape index (κ3) is 3.71. The molecule has 0 aliphatic heterocycles. The van der Waals surface area contributed by atoms with E-state index in [-0.39, 0.29) is 0 Å². The van der Waals surface area contributed by atoms with Crippen LogP contribution in [0, 0.1) is 43.5 Å². The normalized spacial score (nSPS) is 10.7. The molecule has 0 saturated heterocycles. The molecule has 2 aromatic rings. The van der Waals surface area contributed by atoms with Gasteiger partial charge in [-0.15, -0.1) is 0 Å². The van der Waals surface area contributed by atoms with Gasteiger partial charge in [-0.2, -0.15) is 0 Å². The zero-order valence-electron chi connectivity index (χ0n) is 12.2. The van der Waals surface area contributed by atoms with Crippen molar-refractivity contribution in [1.82, 2.24) is 0 Å². The SMILES string of the molecule is O=[N+]([O-])c1ccc(F)c(F)c1COCc1c([N+](=O)[O-])ccc(F)c1F. The smallest absolute Gasteiger partial charge is 0.278 e. The Kier molecular flexibility index (Phi) is 5.27. The summed E-state index contributed by atoms with van der Waals surface area (Å²) < 4.78 is 58.6. The lowest BCUT2D eigenvalue weighted by atomic mass is 10.1. The minimum atomic E-state index is -1.54. The van der Waals surface area contributed by atoms with Crippen LogP contribution in [-0.2, 0) is 18.0 Å². The summed E-state index contributed by atoms with van der Waals surface area (Å²) in [6, 6.07) is 2.52. The van der Waals surface area contributed by atoms with Gasteiger partial charge in [0.05, 0.1) is 34.2 Å². The summed E-state index contributed by atoms with van der Waals surface area (Å²) in [7, 11) is 0. The molecule has 132 valence electrons. The van der Waals surface area contributed by atoms with Crippen molar-refractivity contribution in [1.29, 1.82) is 0 Å². The molecule has 0 heterocycles. The van der Waals surface area contributed by atoms with Crippen LogP contribution in [-0.4, -0.2) is 9.85 Å². The highest BCUT2D eigenvalue weighted by molar-refractivity contribution is 5.42. The second kappa shape index (κ2) is 7.21. The Morgan fingerprint density at radius 3 is 1.44 bits per heavy atom. The fraction of sp³-hybridized carbons (Fsp3) is 0.143. The molecule has 2 aromatic carbocycles. The van der Waals surface area contributed by atoms with Gasteiger partial charge >= 0.3 is 0 Å². The van der Waals surface area contributed by atoms with Gasteiger partial charge in [0.15, 0.2) is 23.3 Å². The minimum absolute atomic E-state index is 0.550. The van der Waals surface area contributed by atoms with Crippen molar-refractivity contribution < 1.29 is 32.1 Å². The van der Waals surface area contributed by atoms with E-state index >= 15 is 0 Å². The monoisotopic (exact) mass is 360 g/mol. The van der Waals surface area contributed by atoms with Crippen LogP contribution in [0.2, 0.25) is 0 Å². The Hall–Kier alpha value is -3.08. The molecule has 25 heavy (non-hydrogen) atoms. The highest BCUT2D eigenvalue weighted by Gasteiger charge is 2.24. The molecule has 2 rings (SSSR count). The number of benzene rings is 2. The van der Waals surface area contributed by atoms with Gasteiger partial charge < -0.3 is 4.74 Å². The Labute approximate surface area is 136 Å². The number of nitrogens with zero attached hydrogens (tertiary/aromatic N) is 2. The average molecular weight is 360 g/mol. The Morgan fingerprint density at radius 1 is 0.760 bits per heavy atom. The molecule has 0 fully saturated rings. The van der Waals surface area contributed by atoms with E-state index in [1.54, 1.807) is 0 Å². The highest BCUT2D eigenvalue weighted by atomic mass is 19.2. The largest absolute Gasteiger partial charge is 0.371 e. The Balaban J connectivity index is 2.28. The van der Waals surface area contributed by atoms with E-state index in [2.05, 4.69) is 0 Å². The average Bonchev–Trinajstić information content (AvgIpc) is 2.54. The molecule has 0 atom stereocenters. The van der Waals surface area contributed by atoms with E-state index < -0.39 is 68.8 Å². The van der Waals surface area contributed by atoms with Gasteiger partial charge in [0.1, 0.15) is 0 Å². The van der Waals surface area contributed by atoms with Gasteiger partial charge in [0.2, 0.25) is 0 Å². The maximum Gasteiger partial charge on any atom is 0.278 e. The predicted molar refractivity (Wildman–Crippen MR) is 74.5 cm³/mol. The van der Waals surface area contributed by atoms with E-state index in [1.807, 2.05) is 0 Å². The first-order chi connectivity index (χ1) is 11.7. The van der Waals surface area contributed by atoms with Gasteiger partial charge in [-0.1, -0.05) is 0 Å². The number of ether oxygens (including phenoxy) is 1. The van der Waals surface area contributed by atoms with E-state index in [0.717, 1.165) is 0 Å². The van der Waals surface area contributed by atoms with Crippen molar-refractivity contribution >= 4 is 11.4 Å². The van der Waals surface area contributed by atoms with Crippen LogP contribution in [0.1, 0.15) is 11.1 Å². The number of hydrogen-bond acceptors (Lipinski definition) is 5. The predicted octanol–water partition coefficient (Wildman–Crippen LogP) is 3.78. The van der Waals surface area contributed by atoms with Gasteiger partial charge in [-0.3, -0.25) is 20.2 Å². The number of halogens is 4. The lowest BCUT2D eigenvalue weighted by molar-refractivity contribution is -0.386. The minimum Gasteiger partial charge on any atom is -0.371 e. The zero-order chi connectivity index (χ0) is 18.7. The van der Waals surface area contributed by atoms with Gasteiger partial charge in [0.25, 0.3) is 11.4 Å². The molecule has 0 spiro atoms. The van der Waals surface area contributed by atoms with Crippen LogP contribution in [0.15, 0.2) is 24.3 Å². The molecule has 0 aliphatic rings. The summed E-state index contributed by atoms with van der Waals surface area (Å²) in [5.41, 5.74) is -3.09. The summed E-state index contributed by atoms with van der Waals surface area (Å²) in [5, 5.41) is 21.6. The molecule has 7 nitrogen and oxygen atoms in total. The molecule has 0 amide bonds. The van der Waals surface area contributed by atoms with Crippen molar-refractivity contribution in [3.8, 4) is 0 Å². The molecule has 0 unspecified atom stereocenters.